The molecule has 0 aliphatic carbocycles. The van der Waals surface area contributed by atoms with Gasteiger partial charge in [0.1, 0.15) is 28.7 Å². The van der Waals surface area contributed by atoms with Crippen LogP contribution < -0.4 is 0 Å². The van der Waals surface area contributed by atoms with Crippen LogP contribution in [0.5, 0.6) is 0 Å². The number of carbonyl (C=O) groups is 1. The molecule has 1 saturated heterocycles. The van der Waals surface area contributed by atoms with Gasteiger partial charge in [0.25, 0.3) is 5.91 Å². The van der Waals surface area contributed by atoms with E-state index in [-0.39, 0.29) is 17.5 Å². The van der Waals surface area contributed by atoms with Crippen LogP contribution in [0.2, 0.25) is 0 Å². The van der Waals surface area contributed by atoms with Gasteiger partial charge < -0.3 is 4.90 Å². The maximum absolute atomic E-state index is 13.9. The molecule has 0 N–H and O–H groups in total. The standard InChI is InChI=1S/C22H23FN6O3S/c1-33(31,32)14-29-18-10-17(22(30)27-8-4-2-3-5-9-27)24-11-16(18)21(26-29)19-12-25-20-7-6-15(23)13-28(19)20/h6-7,10-13H,2-5,8-9,14H2,1H3. The minimum absolute atomic E-state index is 0.177. The molecule has 1 aliphatic rings. The maximum atomic E-state index is 13.9. The summed E-state index contributed by atoms with van der Waals surface area (Å²) in [4.78, 5) is 23.6. The Morgan fingerprint density at radius 2 is 1.85 bits per heavy atom. The second-order valence-electron chi connectivity index (χ2n) is 8.42. The predicted octanol–water partition coefficient (Wildman–Crippen LogP) is 2.90. The molecule has 4 aromatic rings. The number of sulfone groups is 1. The average Bonchev–Trinajstić information content (AvgIpc) is 3.20. The Hall–Kier alpha value is -3.34. The molecule has 5 rings (SSSR count). The molecule has 5 heterocycles. The fourth-order valence-electron chi connectivity index (χ4n) is 4.26. The van der Waals surface area contributed by atoms with Crippen molar-refractivity contribution in [2.45, 2.75) is 31.6 Å². The van der Waals surface area contributed by atoms with Gasteiger partial charge >= 0.3 is 0 Å². The van der Waals surface area contributed by atoms with Crippen LogP contribution in [0.3, 0.4) is 0 Å². The van der Waals surface area contributed by atoms with Crippen molar-refractivity contribution >= 4 is 32.3 Å². The number of hydrogen-bond donors (Lipinski definition) is 0. The summed E-state index contributed by atoms with van der Waals surface area (Å²) in [7, 11) is -3.43. The second-order valence-corrected chi connectivity index (χ2v) is 10.5. The molecule has 0 radical (unpaired) electrons. The molecule has 4 aromatic heterocycles. The van der Waals surface area contributed by atoms with Crippen molar-refractivity contribution < 1.29 is 17.6 Å². The first-order valence-corrected chi connectivity index (χ1v) is 12.8. The van der Waals surface area contributed by atoms with Gasteiger partial charge in [0.15, 0.2) is 9.84 Å². The van der Waals surface area contributed by atoms with E-state index in [4.69, 9.17) is 0 Å². The third-order valence-corrected chi connectivity index (χ3v) is 6.53. The molecule has 0 spiro atoms. The minimum atomic E-state index is -3.43. The van der Waals surface area contributed by atoms with Crippen molar-refractivity contribution in [2.75, 3.05) is 19.3 Å². The lowest BCUT2D eigenvalue weighted by Gasteiger charge is -2.19. The highest BCUT2D eigenvalue weighted by Crippen LogP contribution is 2.29. The van der Waals surface area contributed by atoms with Crippen LogP contribution in [0.4, 0.5) is 4.39 Å². The van der Waals surface area contributed by atoms with E-state index in [1.54, 1.807) is 27.6 Å². The number of nitrogens with zero attached hydrogens (tertiary/aromatic N) is 6. The first-order valence-electron chi connectivity index (χ1n) is 10.8. The number of hydrogen-bond acceptors (Lipinski definition) is 6. The minimum Gasteiger partial charge on any atom is -0.337 e. The smallest absolute Gasteiger partial charge is 0.272 e. The first kappa shape index (κ1) is 21.5. The Balaban J connectivity index is 1.65. The number of halogens is 1. The predicted molar refractivity (Wildman–Crippen MR) is 121 cm³/mol. The number of fused-ring (bicyclic) bond motifs is 2. The Labute approximate surface area is 189 Å². The third-order valence-electron chi connectivity index (χ3n) is 5.82. The normalized spacial score (nSPS) is 15.3. The molecular formula is C22H23FN6O3S. The van der Waals surface area contributed by atoms with Gasteiger partial charge in [-0.05, 0) is 31.0 Å². The van der Waals surface area contributed by atoms with Crippen LogP contribution in [-0.4, -0.2) is 62.7 Å². The van der Waals surface area contributed by atoms with E-state index in [9.17, 15) is 17.6 Å². The lowest BCUT2D eigenvalue weighted by atomic mass is 10.2. The summed E-state index contributed by atoms with van der Waals surface area (Å²) in [5.41, 5.74) is 2.14. The Bertz CT molecular complexity index is 1470. The number of likely N-dealkylation sites (tertiary alicyclic amines) is 1. The summed E-state index contributed by atoms with van der Waals surface area (Å²) >= 11 is 0. The fraction of sp³-hybridized carbons (Fsp3) is 0.364. The van der Waals surface area contributed by atoms with E-state index in [0.717, 1.165) is 31.9 Å². The van der Waals surface area contributed by atoms with Gasteiger partial charge in [0, 0.05) is 37.1 Å². The van der Waals surface area contributed by atoms with Gasteiger partial charge in [-0.2, -0.15) is 5.10 Å². The molecule has 1 aliphatic heterocycles. The number of carbonyl (C=O) groups excluding carboxylic acids is 1. The van der Waals surface area contributed by atoms with Gasteiger partial charge in [-0.1, -0.05) is 12.8 Å². The average molecular weight is 471 g/mol. The van der Waals surface area contributed by atoms with Crippen LogP contribution in [0.25, 0.3) is 27.9 Å². The summed E-state index contributed by atoms with van der Waals surface area (Å²) < 4.78 is 41.0. The Kier molecular flexibility index (Phi) is 5.35. The van der Waals surface area contributed by atoms with Gasteiger partial charge in [-0.25, -0.2) is 22.5 Å². The van der Waals surface area contributed by atoms with Crippen LogP contribution in [-0.2, 0) is 15.7 Å². The molecule has 1 fully saturated rings. The van der Waals surface area contributed by atoms with Crippen molar-refractivity contribution in [1.82, 2.24) is 29.0 Å². The Morgan fingerprint density at radius 1 is 1.09 bits per heavy atom. The zero-order valence-corrected chi connectivity index (χ0v) is 18.9. The van der Waals surface area contributed by atoms with Gasteiger partial charge in [0.2, 0.25) is 0 Å². The lowest BCUT2D eigenvalue weighted by molar-refractivity contribution is 0.0756. The van der Waals surface area contributed by atoms with Gasteiger partial charge in [0.05, 0.1) is 17.4 Å². The molecule has 0 aromatic carbocycles. The highest BCUT2D eigenvalue weighted by molar-refractivity contribution is 7.89. The zero-order chi connectivity index (χ0) is 23.2. The van der Waals surface area contributed by atoms with Crippen LogP contribution in [0.1, 0.15) is 36.2 Å². The summed E-state index contributed by atoms with van der Waals surface area (Å²) in [5, 5.41) is 5.07. The lowest BCUT2D eigenvalue weighted by Crippen LogP contribution is -2.32. The number of rotatable bonds is 4. The molecule has 0 saturated carbocycles. The highest BCUT2D eigenvalue weighted by Gasteiger charge is 2.23. The summed E-state index contributed by atoms with van der Waals surface area (Å²) in [6.45, 7) is 1.36. The molecule has 0 atom stereocenters. The van der Waals surface area contributed by atoms with E-state index < -0.39 is 15.7 Å². The van der Waals surface area contributed by atoms with Crippen LogP contribution in [0.15, 0.2) is 36.8 Å². The third kappa shape index (κ3) is 4.20. The molecule has 1 amide bonds. The molecule has 172 valence electrons. The largest absolute Gasteiger partial charge is 0.337 e. The molecular weight excluding hydrogens is 447 g/mol. The molecule has 0 bridgehead atoms. The van der Waals surface area contributed by atoms with Gasteiger partial charge in [-0.15, -0.1) is 0 Å². The first-order chi connectivity index (χ1) is 15.8. The topological polar surface area (TPSA) is 102 Å². The van der Waals surface area contributed by atoms with E-state index in [1.807, 2.05) is 0 Å². The summed E-state index contributed by atoms with van der Waals surface area (Å²) in [6.07, 6.45) is 9.60. The maximum Gasteiger partial charge on any atom is 0.272 e. The number of imidazole rings is 1. The van der Waals surface area contributed by atoms with E-state index in [0.29, 0.717) is 41.0 Å². The van der Waals surface area contributed by atoms with Crippen molar-refractivity contribution in [3.63, 3.8) is 0 Å². The fourth-order valence-corrected chi connectivity index (χ4v) is 4.90. The molecule has 33 heavy (non-hydrogen) atoms. The van der Waals surface area contributed by atoms with Crippen LogP contribution in [0, 0.1) is 5.82 Å². The Morgan fingerprint density at radius 3 is 2.58 bits per heavy atom. The monoisotopic (exact) mass is 470 g/mol. The van der Waals surface area contributed by atoms with Crippen molar-refractivity contribution in [1.29, 1.82) is 0 Å². The molecule has 0 unspecified atom stereocenters. The number of aromatic nitrogens is 5. The van der Waals surface area contributed by atoms with Crippen molar-refractivity contribution in [3.8, 4) is 11.4 Å². The van der Waals surface area contributed by atoms with Crippen molar-refractivity contribution in [3.05, 3.63) is 48.3 Å². The van der Waals surface area contributed by atoms with E-state index >= 15 is 0 Å². The van der Waals surface area contributed by atoms with E-state index in [1.165, 1.54) is 23.1 Å². The van der Waals surface area contributed by atoms with E-state index in [2.05, 4.69) is 15.1 Å². The second kappa shape index (κ2) is 8.22. The number of pyridine rings is 2. The zero-order valence-electron chi connectivity index (χ0n) is 18.1. The number of amides is 1. The van der Waals surface area contributed by atoms with Gasteiger partial charge in [-0.3, -0.25) is 14.2 Å². The quantitative estimate of drug-likeness (QED) is 0.454. The van der Waals surface area contributed by atoms with Crippen LogP contribution >= 0.6 is 0 Å². The summed E-state index contributed by atoms with van der Waals surface area (Å²) in [6, 6.07) is 4.45. The highest BCUT2D eigenvalue weighted by atomic mass is 32.2. The SMILES string of the molecule is CS(=O)(=O)Cn1nc(-c2cnc3ccc(F)cn23)c2cnc(C(=O)N3CCCCCC3)cc21. The molecule has 11 heteroatoms. The van der Waals surface area contributed by atoms with Crippen molar-refractivity contribution in [2.24, 2.45) is 0 Å². The summed E-state index contributed by atoms with van der Waals surface area (Å²) in [5.74, 6) is -0.981. The molecule has 9 nitrogen and oxygen atoms in total.